The molecule has 0 aliphatic rings. The van der Waals surface area contributed by atoms with E-state index in [1.165, 1.54) is 0 Å². The van der Waals surface area contributed by atoms with Crippen LogP contribution in [0.5, 0.6) is 0 Å². The van der Waals surface area contributed by atoms with E-state index in [1.807, 2.05) is 0 Å². The second-order valence-corrected chi connectivity index (χ2v) is 1.82. The maximum atomic E-state index is 12.4. The van der Waals surface area contributed by atoms with Crippen molar-refractivity contribution < 1.29 is 9.31 Å². The number of nitrogen functional groups attached to an aromatic ring is 1. The predicted octanol–water partition coefficient (Wildman–Crippen LogP) is 0.711. The van der Waals surface area contributed by atoms with Crippen molar-refractivity contribution in [3.63, 3.8) is 0 Å². The minimum atomic E-state index is -0.876. The molecule has 0 radical (unpaired) electrons. The number of hydrogen-bond donors (Lipinski definition) is 1. The highest BCUT2D eigenvalue weighted by Crippen LogP contribution is 2.13. The fraction of sp³-hybridized carbons (Fsp3) is 0. The molecular formula is C5H4FN3O2. The summed E-state index contributed by atoms with van der Waals surface area (Å²) in [6.07, 6.45) is 0.901. The molecule has 1 aromatic rings. The van der Waals surface area contributed by atoms with Gasteiger partial charge in [-0.3, -0.25) is 10.1 Å². The third-order valence-corrected chi connectivity index (χ3v) is 1.07. The molecule has 0 amide bonds. The van der Waals surface area contributed by atoms with Gasteiger partial charge in [0.1, 0.15) is 6.20 Å². The van der Waals surface area contributed by atoms with Gasteiger partial charge in [0, 0.05) is 0 Å². The van der Waals surface area contributed by atoms with Crippen LogP contribution in [0.4, 0.5) is 15.9 Å². The van der Waals surface area contributed by atoms with Crippen molar-refractivity contribution in [1.82, 2.24) is 4.98 Å². The minimum Gasteiger partial charge on any atom is -0.381 e. The molecule has 5 nitrogen and oxygen atoms in total. The van der Waals surface area contributed by atoms with Gasteiger partial charge >= 0.3 is 0 Å². The molecule has 1 heterocycles. The lowest BCUT2D eigenvalue weighted by Crippen LogP contribution is -1.96. The number of nitro groups is 1. The van der Waals surface area contributed by atoms with Crippen LogP contribution >= 0.6 is 0 Å². The van der Waals surface area contributed by atoms with Crippen LogP contribution in [0.3, 0.4) is 0 Å². The zero-order valence-electron chi connectivity index (χ0n) is 5.32. The van der Waals surface area contributed by atoms with Gasteiger partial charge in [-0.2, -0.15) is 0 Å². The number of aromatic nitrogens is 1. The summed E-state index contributed by atoms with van der Waals surface area (Å²) in [5, 5.41) is 10.0. The Hall–Kier alpha value is -1.72. The molecule has 2 N–H and O–H groups in total. The maximum Gasteiger partial charge on any atom is 0.290 e. The average molecular weight is 157 g/mol. The number of anilines is 1. The number of halogens is 1. The summed E-state index contributed by atoms with van der Waals surface area (Å²) in [6.45, 7) is 0. The number of nitrogens with zero attached hydrogens (tertiary/aromatic N) is 2. The molecule has 0 aliphatic carbocycles. The highest BCUT2D eigenvalue weighted by molar-refractivity contribution is 5.37. The molecule has 0 aromatic carbocycles. The molecule has 0 bridgehead atoms. The summed E-state index contributed by atoms with van der Waals surface area (Å²) in [5.41, 5.74) is 4.57. The van der Waals surface area contributed by atoms with Crippen molar-refractivity contribution in [2.45, 2.75) is 0 Å². The van der Waals surface area contributed by atoms with Gasteiger partial charge in [-0.25, -0.2) is 9.37 Å². The lowest BCUT2D eigenvalue weighted by Gasteiger charge is -1.93. The van der Waals surface area contributed by atoms with Crippen molar-refractivity contribution in [3.8, 4) is 0 Å². The SMILES string of the molecule is Nc1ncc([N+](=O)[O-])cc1F. The van der Waals surface area contributed by atoms with E-state index in [0.717, 1.165) is 12.3 Å². The molecule has 0 saturated carbocycles. The summed E-state index contributed by atoms with van der Waals surface area (Å²) >= 11 is 0. The van der Waals surface area contributed by atoms with Crippen LogP contribution in [0.25, 0.3) is 0 Å². The molecule has 0 atom stereocenters. The largest absolute Gasteiger partial charge is 0.381 e. The normalized spacial score (nSPS) is 9.55. The molecule has 6 heteroatoms. The second kappa shape index (κ2) is 2.49. The molecule has 0 saturated heterocycles. The Morgan fingerprint density at radius 2 is 2.36 bits per heavy atom. The average Bonchev–Trinajstić information content (AvgIpc) is 1.94. The molecule has 0 fully saturated rings. The van der Waals surface area contributed by atoms with Crippen LogP contribution in [0.2, 0.25) is 0 Å². The number of hydrogen-bond acceptors (Lipinski definition) is 4. The summed E-state index contributed by atoms with van der Waals surface area (Å²) in [4.78, 5) is 12.5. The standard InChI is InChI=1S/C5H4FN3O2/c6-4-1-3(9(10)11)2-8-5(4)7/h1-2H,(H2,7,8). The molecule has 58 valence electrons. The van der Waals surface area contributed by atoms with Crippen molar-refractivity contribution in [3.05, 3.63) is 28.2 Å². The van der Waals surface area contributed by atoms with E-state index < -0.39 is 16.4 Å². The van der Waals surface area contributed by atoms with Crippen LogP contribution in [-0.4, -0.2) is 9.91 Å². The Morgan fingerprint density at radius 3 is 2.82 bits per heavy atom. The third-order valence-electron chi connectivity index (χ3n) is 1.07. The van der Waals surface area contributed by atoms with E-state index in [9.17, 15) is 14.5 Å². The lowest BCUT2D eigenvalue weighted by molar-refractivity contribution is -0.385. The number of pyridine rings is 1. The topological polar surface area (TPSA) is 82.0 Å². The predicted molar refractivity (Wildman–Crippen MR) is 35.3 cm³/mol. The van der Waals surface area contributed by atoms with Gasteiger partial charge in [-0.05, 0) is 0 Å². The summed E-state index contributed by atoms with van der Waals surface area (Å²) in [6, 6.07) is 0.725. The zero-order chi connectivity index (χ0) is 8.43. The Balaban J connectivity index is 3.15. The maximum absolute atomic E-state index is 12.4. The van der Waals surface area contributed by atoms with E-state index in [2.05, 4.69) is 4.98 Å². The van der Waals surface area contributed by atoms with Gasteiger partial charge < -0.3 is 5.73 Å². The van der Waals surface area contributed by atoms with E-state index in [-0.39, 0.29) is 5.82 Å². The number of nitrogens with two attached hydrogens (primary N) is 1. The van der Waals surface area contributed by atoms with Gasteiger partial charge in [0.15, 0.2) is 11.6 Å². The van der Waals surface area contributed by atoms with Crippen LogP contribution < -0.4 is 5.73 Å². The first-order valence-corrected chi connectivity index (χ1v) is 2.66. The molecule has 1 rings (SSSR count). The van der Waals surface area contributed by atoms with E-state index in [1.54, 1.807) is 0 Å². The van der Waals surface area contributed by atoms with Gasteiger partial charge in [-0.15, -0.1) is 0 Å². The highest BCUT2D eigenvalue weighted by atomic mass is 19.1. The van der Waals surface area contributed by atoms with Gasteiger partial charge in [0.2, 0.25) is 0 Å². The lowest BCUT2D eigenvalue weighted by atomic mass is 10.4. The van der Waals surface area contributed by atoms with E-state index in [0.29, 0.717) is 0 Å². The molecule has 0 aliphatic heterocycles. The van der Waals surface area contributed by atoms with E-state index in [4.69, 9.17) is 5.73 Å². The van der Waals surface area contributed by atoms with Crippen molar-refractivity contribution in [1.29, 1.82) is 0 Å². The molecular weight excluding hydrogens is 153 g/mol. The van der Waals surface area contributed by atoms with Crippen LogP contribution in [0.1, 0.15) is 0 Å². The van der Waals surface area contributed by atoms with Crippen molar-refractivity contribution >= 4 is 11.5 Å². The molecule has 11 heavy (non-hydrogen) atoms. The Kier molecular flexibility index (Phi) is 1.67. The second-order valence-electron chi connectivity index (χ2n) is 1.82. The first kappa shape index (κ1) is 7.39. The molecule has 1 aromatic heterocycles. The number of rotatable bonds is 1. The van der Waals surface area contributed by atoms with Crippen molar-refractivity contribution in [2.75, 3.05) is 5.73 Å². The third kappa shape index (κ3) is 1.40. The first-order chi connectivity index (χ1) is 5.11. The Morgan fingerprint density at radius 1 is 1.73 bits per heavy atom. The van der Waals surface area contributed by atoms with E-state index >= 15 is 0 Å². The highest BCUT2D eigenvalue weighted by Gasteiger charge is 2.09. The van der Waals surface area contributed by atoms with Gasteiger partial charge in [-0.1, -0.05) is 0 Å². The fourth-order valence-corrected chi connectivity index (χ4v) is 0.538. The van der Waals surface area contributed by atoms with Gasteiger partial charge in [0.25, 0.3) is 5.69 Å². The van der Waals surface area contributed by atoms with Crippen molar-refractivity contribution in [2.24, 2.45) is 0 Å². The molecule has 0 unspecified atom stereocenters. The smallest absolute Gasteiger partial charge is 0.290 e. The minimum absolute atomic E-state index is 0.337. The zero-order valence-corrected chi connectivity index (χ0v) is 5.32. The Labute approximate surface area is 60.8 Å². The summed E-state index contributed by atoms with van der Waals surface area (Å²) < 4.78 is 12.4. The molecule has 0 spiro atoms. The summed E-state index contributed by atoms with van der Waals surface area (Å²) in [7, 11) is 0. The monoisotopic (exact) mass is 157 g/mol. The fourth-order valence-electron chi connectivity index (χ4n) is 0.538. The summed E-state index contributed by atoms with van der Waals surface area (Å²) in [5.74, 6) is -1.21. The Bertz CT molecular complexity index is 302. The first-order valence-electron chi connectivity index (χ1n) is 2.66. The quantitative estimate of drug-likeness (QED) is 0.480. The van der Waals surface area contributed by atoms with Crippen LogP contribution in [0.15, 0.2) is 12.3 Å². The van der Waals surface area contributed by atoms with Crippen LogP contribution in [0, 0.1) is 15.9 Å². The van der Waals surface area contributed by atoms with Crippen LogP contribution in [-0.2, 0) is 0 Å². The van der Waals surface area contributed by atoms with Gasteiger partial charge in [0.05, 0.1) is 11.0 Å².